The first-order valence-electron chi connectivity index (χ1n) is 3.97. The van der Waals surface area contributed by atoms with E-state index in [9.17, 15) is 9.35 Å². The summed E-state index contributed by atoms with van der Waals surface area (Å²) >= 11 is -1.23. The zero-order valence-electron chi connectivity index (χ0n) is 7.89. The van der Waals surface area contributed by atoms with E-state index in [4.69, 9.17) is 4.74 Å². The minimum Gasteiger partial charge on any atom is -0.609 e. The lowest BCUT2D eigenvalue weighted by Gasteiger charge is -2.02. The van der Waals surface area contributed by atoms with E-state index in [1.807, 2.05) is 0 Å². The molecule has 0 saturated carbocycles. The van der Waals surface area contributed by atoms with Crippen molar-refractivity contribution in [2.75, 3.05) is 12.9 Å². The van der Waals surface area contributed by atoms with Gasteiger partial charge in [-0.25, -0.2) is 4.79 Å². The predicted molar refractivity (Wildman–Crippen MR) is 50.3 cm³/mol. The number of esters is 1. The molecule has 0 aromatic carbocycles. The van der Waals surface area contributed by atoms with Crippen LogP contribution in [-0.4, -0.2) is 33.4 Å². The first-order chi connectivity index (χ1) is 6.65. The fourth-order valence-electron chi connectivity index (χ4n) is 0.784. The Labute approximate surface area is 84.7 Å². The quantitative estimate of drug-likeness (QED) is 0.413. The van der Waals surface area contributed by atoms with E-state index in [0.717, 1.165) is 0 Å². The van der Waals surface area contributed by atoms with E-state index >= 15 is 0 Å². The van der Waals surface area contributed by atoms with Crippen molar-refractivity contribution in [2.45, 2.75) is 12.1 Å². The van der Waals surface area contributed by atoms with Crippen LogP contribution >= 0.6 is 0 Å². The molecule has 0 radical (unpaired) electrons. The lowest BCUT2D eigenvalue weighted by Crippen LogP contribution is -2.09. The van der Waals surface area contributed by atoms with E-state index in [-0.39, 0.29) is 10.7 Å². The summed E-state index contributed by atoms with van der Waals surface area (Å²) in [6, 6.07) is 0. The first-order valence-corrected chi connectivity index (χ1v) is 5.53. The molecule has 0 aliphatic rings. The third-order valence-corrected chi connectivity index (χ3v) is 2.12. The third kappa shape index (κ3) is 2.68. The van der Waals surface area contributed by atoms with Crippen LogP contribution in [0, 0.1) is 0 Å². The Bertz CT molecular complexity index is 313. The molecule has 1 aromatic heterocycles. The van der Waals surface area contributed by atoms with Gasteiger partial charge in [0, 0.05) is 23.6 Å². The number of hydrogen-bond acceptors (Lipinski definition) is 5. The molecule has 0 unspecified atom stereocenters. The summed E-state index contributed by atoms with van der Waals surface area (Å²) in [5.74, 6) is -0.471. The molecule has 0 fully saturated rings. The molecule has 6 heteroatoms. The van der Waals surface area contributed by atoms with Crippen LogP contribution in [0.4, 0.5) is 0 Å². The van der Waals surface area contributed by atoms with E-state index < -0.39 is 17.1 Å². The highest BCUT2D eigenvalue weighted by atomic mass is 32.2. The number of nitrogens with zero attached hydrogens (tertiary/aromatic N) is 2. The van der Waals surface area contributed by atoms with Gasteiger partial charge in [0.2, 0.25) is 0 Å². The van der Waals surface area contributed by atoms with Crippen LogP contribution < -0.4 is 0 Å². The SMILES string of the molecule is CCOC(=O)c1cnc([S@+](C)[O-])nc1. The number of rotatable bonds is 3. The Hall–Kier alpha value is -1.14. The summed E-state index contributed by atoms with van der Waals surface area (Å²) in [7, 11) is 0. The third-order valence-electron chi connectivity index (χ3n) is 1.40. The Morgan fingerprint density at radius 2 is 2.14 bits per heavy atom. The molecule has 1 aromatic rings. The van der Waals surface area contributed by atoms with E-state index in [2.05, 4.69) is 9.97 Å². The summed E-state index contributed by atoms with van der Waals surface area (Å²) in [4.78, 5) is 18.7. The van der Waals surface area contributed by atoms with Crippen molar-refractivity contribution in [2.24, 2.45) is 0 Å². The zero-order valence-corrected chi connectivity index (χ0v) is 8.71. The van der Waals surface area contributed by atoms with Gasteiger partial charge in [0.1, 0.15) is 6.26 Å². The molecule has 0 bridgehead atoms. The monoisotopic (exact) mass is 214 g/mol. The maximum absolute atomic E-state index is 11.1. The average molecular weight is 214 g/mol. The molecule has 0 aliphatic carbocycles. The van der Waals surface area contributed by atoms with Gasteiger partial charge in [-0.05, 0) is 6.92 Å². The highest BCUT2D eigenvalue weighted by Gasteiger charge is 2.11. The van der Waals surface area contributed by atoms with Gasteiger partial charge in [0.25, 0.3) is 0 Å². The van der Waals surface area contributed by atoms with Gasteiger partial charge in [0.05, 0.1) is 12.2 Å². The largest absolute Gasteiger partial charge is 0.609 e. The van der Waals surface area contributed by atoms with Gasteiger partial charge in [-0.3, -0.25) is 0 Å². The molecule has 1 atom stereocenters. The second-order valence-electron chi connectivity index (χ2n) is 2.43. The van der Waals surface area contributed by atoms with Crippen molar-refractivity contribution in [3.8, 4) is 0 Å². The summed E-state index contributed by atoms with van der Waals surface area (Å²) in [5, 5.41) is 0.207. The Morgan fingerprint density at radius 1 is 1.57 bits per heavy atom. The van der Waals surface area contributed by atoms with Crippen molar-refractivity contribution < 1.29 is 14.1 Å². The summed E-state index contributed by atoms with van der Waals surface area (Å²) in [6.45, 7) is 2.02. The Balaban J connectivity index is 2.78. The minimum atomic E-state index is -1.23. The highest BCUT2D eigenvalue weighted by Crippen LogP contribution is 2.03. The molecule has 14 heavy (non-hydrogen) atoms. The maximum atomic E-state index is 11.1. The van der Waals surface area contributed by atoms with Crippen molar-refractivity contribution in [1.29, 1.82) is 0 Å². The van der Waals surface area contributed by atoms with Crippen LogP contribution in [0.2, 0.25) is 0 Å². The molecule has 1 heterocycles. The van der Waals surface area contributed by atoms with Crippen LogP contribution in [0.1, 0.15) is 17.3 Å². The number of ether oxygens (including phenoxy) is 1. The Morgan fingerprint density at radius 3 is 2.57 bits per heavy atom. The predicted octanol–water partition coefficient (Wildman–Crippen LogP) is 0.391. The van der Waals surface area contributed by atoms with E-state index in [1.165, 1.54) is 18.6 Å². The van der Waals surface area contributed by atoms with Gasteiger partial charge in [-0.1, -0.05) is 0 Å². The molecule has 5 nitrogen and oxygen atoms in total. The highest BCUT2D eigenvalue weighted by molar-refractivity contribution is 7.90. The Kier molecular flexibility index (Phi) is 3.84. The van der Waals surface area contributed by atoms with E-state index in [1.54, 1.807) is 6.92 Å². The summed E-state index contributed by atoms with van der Waals surface area (Å²) in [6.07, 6.45) is 4.09. The lowest BCUT2D eigenvalue weighted by atomic mass is 10.3. The minimum absolute atomic E-state index is 0.207. The van der Waals surface area contributed by atoms with Crippen LogP contribution in [0.25, 0.3) is 0 Å². The molecular formula is C8H10N2O3S. The molecule has 0 N–H and O–H groups in total. The molecule has 76 valence electrons. The van der Waals surface area contributed by atoms with Gasteiger partial charge >= 0.3 is 11.1 Å². The fourth-order valence-corrected chi connectivity index (χ4v) is 1.19. The van der Waals surface area contributed by atoms with Crippen LogP contribution in [-0.2, 0) is 15.9 Å². The molecule has 1 rings (SSSR count). The van der Waals surface area contributed by atoms with Crippen molar-refractivity contribution in [1.82, 2.24) is 9.97 Å². The van der Waals surface area contributed by atoms with Crippen molar-refractivity contribution >= 4 is 17.1 Å². The number of carbonyl (C=O) groups excluding carboxylic acids is 1. The second kappa shape index (κ2) is 4.92. The summed E-state index contributed by atoms with van der Waals surface area (Å²) in [5.41, 5.74) is 0.265. The lowest BCUT2D eigenvalue weighted by molar-refractivity contribution is 0.0525. The average Bonchev–Trinajstić information content (AvgIpc) is 2.18. The second-order valence-corrected chi connectivity index (χ2v) is 3.70. The van der Waals surface area contributed by atoms with E-state index in [0.29, 0.717) is 6.61 Å². The molecule has 0 spiro atoms. The number of aromatic nitrogens is 2. The normalized spacial score (nSPS) is 12.2. The van der Waals surface area contributed by atoms with Gasteiger partial charge in [-0.2, -0.15) is 9.97 Å². The van der Waals surface area contributed by atoms with Crippen LogP contribution in [0.5, 0.6) is 0 Å². The molecule has 0 aliphatic heterocycles. The van der Waals surface area contributed by atoms with Crippen molar-refractivity contribution in [3.63, 3.8) is 0 Å². The molecule has 0 saturated heterocycles. The van der Waals surface area contributed by atoms with Crippen molar-refractivity contribution in [3.05, 3.63) is 18.0 Å². The molecular weight excluding hydrogens is 204 g/mol. The first kappa shape index (κ1) is 10.9. The maximum Gasteiger partial charge on any atom is 0.342 e. The van der Waals surface area contributed by atoms with Gasteiger partial charge in [-0.15, -0.1) is 0 Å². The number of hydrogen-bond donors (Lipinski definition) is 0. The van der Waals surface area contributed by atoms with Crippen LogP contribution in [0.3, 0.4) is 0 Å². The molecule has 0 amide bonds. The van der Waals surface area contributed by atoms with Gasteiger partial charge < -0.3 is 9.29 Å². The van der Waals surface area contributed by atoms with Crippen LogP contribution in [0.15, 0.2) is 17.6 Å². The standard InChI is InChI=1S/C8H10N2O3S/c1-3-13-7(11)6-4-9-8(10-5-6)14(2)12/h4-5H,3H2,1-2H3/t14-/m0/s1. The summed E-state index contributed by atoms with van der Waals surface area (Å²) < 4.78 is 15.7. The fraction of sp³-hybridized carbons (Fsp3) is 0.375. The smallest absolute Gasteiger partial charge is 0.342 e. The van der Waals surface area contributed by atoms with Gasteiger partial charge in [0.15, 0.2) is 0 Å². The topological polar surface area (TPSA) is 75.1 Å². The zero-order chi connectivity index (χ0) is 10.6. The number of carbonyl (C=O) groups is 1.